The van der Waals surface area contributed by atoms with Crippen molar-refractivity contribution in [1.82, 2.24) is 15.0 Å². The van der Waals surface area contributed by atoms with Crippen LogP contribution in [0.2, 0.25) is 0 Å². The van der Waals surface area contributed by atoms with Crippen LogP contribution in [0, 0.1) is 0 Å². The smallest absolute Gasteiger partial charge is 0.113 e. The summed E-state index contributed by atoms with van der Waals surface area (Å²) < 4.78 is 2.10. The molecule has 2 aromatic carbocycles. The van der Waals surface area contributed by atoms with Gasteiger partial charge in [-0.3, -0.25) is 0 Å². The largest absolute Gasteiger partial charge is 0.378 e. The molecule has 0 bridgehead atoms. The van der Waals surface area contributed by atoms with E-state index in [0.717, 1.165) is 23.9 Å². The van der Waals surface area contributed by atoms with Crippen LogP contribution in [-0.4, -0.2) is 29.1 Å². The summed E-state index contributed by atoms with van der Waals surface area (Å²) in [6, 6.07) is 17.0. The monoisotopic (exact) mass is 308 g/mol. The van der Waals surface area contributed by atoms with Gasteiger partial charge in [0.25, 0.3) is 0 Å². The maximum atomic E-state index is 4.50. The predicted molar refractivity (Wildman–Crippen MR) is 96.0 cm³/mol. The summed E-state index contributed by atoms with van der Waals surface area (Å²) >= 11 is 0. The summed E-state index contributed by atoms with van der Waals surface area (Å²) in [4.78, 5) is 2.12. The normalized spacial score (nSPS) is 11.8. The Labute approximate surface area is 137 Å². The summed E-state index contributed by atoms with van der Waals surface area (Å²) in [7, 11) is 4.12. The van der Waals surface area contributed by atoms with Gasteiger partial charge in [-0.25, -0.2) is 4.68 Å². The van der Waals surface area contributed by atoms with Crippen molar-refractivity contribution < 1.29 is 0 Å². The number of anilines is 1. The number of para-hydroxylation sites is 1. The van der Waals surface area contributed by atoms with Gasteiger partial charge >= 0.3 is 0 Å². The van der Waals surface area contributed by atoms with Crippen molar-refractivity contribution in [3.05, 3.63) is 54.1 Å². The average molecular weight is 308 g/mol. The summed E-state index contributed by atoms with van der Waals surface area (Å²) in [5, 5.41) is 8.86. The second-order valence-corrected chi connectivity index (χ2v) is 6.17. The fraction of sp³-hybridized carbons (Fsp3) is 0.368. The van der Waals surface area contributed by atoms with Crippen LogP contribution in [-0.2, 0) is 5.54 Å². The Morgan fingerprint density at radius 3 is 2.22 bits per heavy atom. The van der Waals surface area contributed by atoms with E-state index in [1.54, 1.807) is 0 Å². The van der Waals surface area contributed by atoms with Crippen molar-refractivity contribution in [2.75, 3.05) is 19.0 Å². The van der Waals surface area contributed by atoms with Gasteiger partial charge in [-0.1, -0.05) is 43.3 Å². The molecular formula is C19H24N4. The molecule has 3 aromatic rings. The first-order valence-corrected chi connectivity index (χ1v) is 8.21. The standard InChI is InChI=1S/C19H24N4/c1-5-19(6-2,15-11-13-16(14-12-15)22(3)4)23-18-10-8-7-9-17(18)20-21-23/h7-14H,5-6H2,1-4H3. The third kappa shape index (κ3) is 2.48. The van der Waals surface area contributed by atoms with Gasteiger partial charge in [-0.2, -0.15) is 0 Å². The number of fused-ring (bicyclic) bond motifs is 1. The molecule has 0 aliphatic heterocycles. The summed E-state index contributed by atoms with van der Waals surface area (Å²) in [6.45, 7) is 4.44. The van der Waals surface area contributed by atoms with E-state index < -0.39 is 0 Å². The highest BCUT2D eigenvalue weighted by molar-refractivity contribution is 5.74. The van der Waals surface area contributed by atoms with Crippen molar-refractivity contribution in [3.63, 3.8) is 0 Å². The molecule has 4 nitrogen and oxygen atoms in total. The molecule has 1 aromatic heterocycles. The Morgan fingerprint density at radius 2 is 1.61 bits per heavy atom. The van der Waals surface area contributed by atoms with Gasteiger partial charge in [-0.15, -0.1) is 5.10 Å². The molecule has 0 radical (unpaired) electrons. The molecule has 23 heavy (non-hydrogen) atoms. The van der Waals surface area contributed by atoms with Crippen LogP contribution in [0.25, 0.3) is 11.0 Å². The zero-order valence-electron chi connectivity index (χ0n) is 14.3. The minimum atomic E-state index is -0.166. The van der Waals surface area contributed by atoms with Crippen molar-refractivity contribution >= 4 is 16.7 Å². The fourth-order valence-corrected chi connectivity index (χ4v) is 3.33. The fourth-order valence-electron chi connectivity index (χ4n) is 3.33. The Balaban J connectivity index is 2.16. The van der Waals surface area contributed by atoms with E-state index in [4.69, 9.17) is 0 Å². The maximum Gasteiger partial charge on any atom is 0.113 e. The van der Waals surface area contributed by atoms with Crippen LogP contribution < -0.4 is 4.90 Å². The molecule has 0 atom stereocenters. The number of nitrogens with zero attached hydrogens (tertiary/aromatic N) is 4. The number of aromatic nitrogens is 3. The molecule has 0 saturated heterocycles. The lowest BCUT2D eigenvalue weighted by Crippen LogP contribution is -2.34. The molecule has 0 aliphatic rings. The first-order valence-electron chi connectivity index (χ1n) is 8.21. The van der Waals surface area contributed by atoms with Crippen LogP contribution in [0.4, 0.5) is 5.69 Å². The van der Waals surface area contributed by atoms with Gasteiger partial charge in [-0.05, 0) is 42.7 Å². The van der Waals surface area contributed by atoms with E-state index in [1.807, 2.05) is 18.2 Å². The van der Waals surface area contributed by atoms with Crippen molar-refractivity contribution in [2.45, 2.75) is 32.2 Å². The van der Waals surface area contributed by atoms with E-state index >= 15 is 0 Å². The lowest BCUT2D eigenvalue weighted by Gasteiger charge is -2.33. The van der Waals surface area contributed by atoms with Crippen LogP contribution in [0.1, 0.15) is 32.3 Å². The molecule has 0 saturated carbocycles. The van der Waals surface area contributed by atoms with E-state index in [-0.39, 0.29) is 5.54 Å². The number of hydrogen-bond acceptors (Lipinski definition) is 3. The lowest BCUT2D eigenvalue weighted by molar-refractivity contribution is 0.300. The zero-order valence-corrected chi connectivity index (χ0v) is 14.3. The number of benzene rings is 2. The predicted octanol–water partition coefficient (Wildman–Crippen LogP) is 4.06. The SMILES string of the molecule is CCC(CC)(c1ccc(N(C)C)cc1)n1nnc2ccccc21. The molecule has 0 fully saturated rings. The Hall–Kier alpha value is -2.36. The van der Waals surface area contributed by atoms with Crippen molar-refractivity contribution in [3.8, 4) is 0 Å². The molecule has 0 N–H and O–H groups in total. The van der Waals surface area contributed by atoms with Gasteiger partial charge in [0.1, 0.15) is 5.52 Å². The quantitative estimate of drug-likeness (QED) is 0.713. The Kier molecular flexibility index (Phi) is 4.07. The highest BCUT2D eigenvalue weighted by Crippen LogP contribution is 2.35. The lowest BCUT2D eigenvalue weighted by atomic mass is 9.84. The third-order valence-electron chi connectivity index (χ3n) is 4.85. The topological polar surface area (TPSA) is 34.0 Å². The molecular weight excluding hydrogens is 284 g/mol. The highest BCUT2D eigenvalue weighted by atomic mass is 15.5. The minimum absolute atomic E-state index is 0.166. The molecule has 4 heteroatoms. The summed E-state index contributed by atoms with van der Waals surface area (Å²) in [5.41, 5.74) is 4.36. The third-order valence-corrected chi connectivity index (χ3v) is 4.85. The van der Waals surface area contributed by atoms with Gasteiger partial charge < -0.3 is 4.90 Å². The summed E-state index contributed by atoms with van der Waals surface area (Å²) in [6.07, 6.45) is 1.94. The summed E-state index contributed by atoms with van der Waals surface area (Å²) in [5.74, 6) is 0. The number of hydrogen-bond donors (Lipinski definition) is 0. The zero-order chi connectivity index (χ0) is 16.4. The van der Waals surface area contributed by atoms with Gasteiger partial charge in [0.2, 0.25) is 0 Å². The van der Waals surface area contributed by atoms with E-state index in [9.17, 15) is 0 Å². The highest BCUT2D eigenvalue weighted by Gasteiger charge is 2.33. The minimum Gasteiger partial charge on any atom is -0.378 e. The van der Waals surface area contributed by atoms with Crippen LogP contribution >= 0.6 is 0 Å². The van der Waals surface area contributed by atoms with Crippen LogP contribution in [0.15, 0.2) is 48.5 Å². The molecule has 0 aliphatic carbocycles. The molecule has 0 amide bonds. The first kappa shape index (κ1) is 15.5. The number of rotatable bonds is 5. The van der Waals surface area contributed by atoms with Crippen molar-refractivity contribution in [1.29, 1.82) is 0 Å². The first-order chi connectivity index (χ1) is 11.1. The van der Waals surface area contributed by atoms with E-state index in [1.165, 1.54) is 11.3 Å². The van der Waals surface area contributed by atoms with Gasteiger partial charge in [0, 0.05) is 19.8 Å². The molecule has 0 unspecified atom stereocenters. The van der Waals surface area contributed by atoms with E-state index in [2.05, 4.69) is 78.2 Å². The second kappa shape index (κ2) is 6.03. The molecule has 3 rings (SSSR count). The van der Waals surface area contributed by atoms with Crippen molar-refractivity contribution in [2.24, 2.45) is 0 Å². The molecule has 0 spiro atoms. The average Bonchev–Trinajstić information content (AvgIpc) is 3.02. The van der Waals surface area contributed by atoms with Gasteiger partial charge in [0.05, 0.1) is 11.1 Å². The second-order valence-electron chi connectivity index (χ2n) is 6.17. The van der Waals surface area contributed by atoms with Crippen LogP contribution in [0.3, 0.4) is 0 Å². The Morgan fingerprint density at radius 1 is 0.957 bits per heavy atom. The molecule has 120 valence electrons. The van der Waals surface area contributed by atoms with Gasteiger partial charge in [0.15, 0.2) is 0 Å². The van der Waals surface area contributed by atoms with E-state index in [0.29, 0.717) is 0 Å². The van der Waals surface area contributed by atoms with Crippen LogP contribution in [0.5, 0.6) is 0 Å². The molecule has 1 heterocycles. The maximum absolute atomic E-state index is 4.50. The Bertz CT molecular complexity index is 782.